The maximum Gasteiger partial charge on any atom is 0.0442 e. The van der Waals surface area contributed by atoms with Crippen LogP contribution in [-0.4, -0.2) is 10.3 Å². The molecule has 0 aliphatic heterocycles. The molecule has 0 atom stereocenters. The van der Waals surface area contributed by atoms with E-state index in [0.717, 1.165) is 10.3 Å². The van der Waals surface area contributed by atoms with Crippen LogP contribution in [0.25, 0.3) is 0 Å². The van der Waals surface area contributed by atoms with E-state index < -0.39 is 0 Å². The molecule has 0 saturated heterocycles. The first kappa shape index (κ1) is 10.0. The van der Waals surface area contributed by atoms with Crippen molar-refractivity contribution in [3.8, 4) is 0 Å². The highest BCUT2D eigenvalue weighted by atomic mass is 32.2. The standard InChI is InChI=1S/C10H14S2/c1-9(2)11-8-12-10-6-4-3-5-7-10/h3-7,9H,8H2,1-2H3. The van der Waals surface area contributed by atoms with E-state index in [1.165, 1.54) is 4.90 Å². The summed E-state index contributed by atoms with van der Waals surface area (Å²) in [6, 6.07) is 10.5. The molecular weight excluding hydrogens is 184 g/mol. The van der Waals surface area contributed by atoms with Gasteiger partial charge in [0.1, 0.15) is 0 Å². The van der Waals surface area contributed by atoms with Crippen LogP contribution in [0.4, 0.5) is 0 Å². The van der Waals surface area contributed by atoms with Gasteiger partial charge in [0.2, 0.25) is 0 Å². The average Bonchev–Trinajstić information content (AvgIpc) is 2.05. The van der Waals surface area contributed by atoms with Crippen molar-refractivity contribution in [3.63, 3.8) is 0 Å². The van der Waals surface area contributed by atoms with Gasteiger partial charge in [-0.2, -0.15) is 0 Å². The molecule has 0 radical (unpaired) electrons. The van der Waals surface area contributed by atoms with Gasteiger partial charge < -0.3 is 0 Å². The van der Waals surface area contributed by atoms with Crippen LogP contribution in [-0.2, 0) is 0 Å². The van der Waals surface area contributed by atoms with E-state index in [1.54, 1.807) is 0 Å². The van der Waals surface area contributed by atoms with Crippen molar-refractivity contribution in [2.45, 2.75) is 24.0 Å². The zero-order valence-electron chi connectivity index (χ0n) is 7.49. The summed E-state index contributed by atoms with van der Waals surface area (Å²) in [6.45, 7) is 4.46. The molecule has 0 aromatic heterocycles. The smallest absolute Gasteiger partial charge is 0.0442 e. The molecule has 2 heteroatoms. The van der Waals surface area contributed by atoms with Gasteiger partial charge >= 0.3 is 0 Å². The third kappa shape index (κ3) is 4.07. The van der Waals surface area contributed by atoms with Gasteiger partial charge in [0.05, 0.1) is 0 Å². The number of hydrogen-bond donors (Lipinski definition) is 0. The van der Waals surface area contributed by atoms with E-state index in [9.17, 15) is 0 Å². The normalized spacial score (nSPS) is 10.6. The van der Waals surface area contributed by atoms with Gasteiger partial charge in [-0.15, -0.1) is 23.5 Å². The van der Waals surface area contributed by atoms with Gasteiger partial charge in [0.25, 0.3) is 0 Å². The van der Waals surface area contributed by atoms with E-state index >= 15 is 0 Å². The summed E-state index contributed by atoms with van der Waals surface area (Å²) in [4.78, 5) is 1.37. The van der Waals surface area contributed by atoms with Gasteiger partial charge in [-0.25, -0.2) is 0 Å². The largest absolute Gasteiger partial charge is 0.148 e. The molecule has 0 nitrogen and oxygen atoms in total. The molecule has 0 unspecified atom stereocenters. The van der Waals surface area contributed by atoms with E-state index in [-0.39, 0.29) is 0 Å². The predicted octanol–water partition coefficient (Wildman–Crippen LogP) is 3.88. The molecule has 0 amide bonds. The Morgan fingerprint density at radius 2 is 1.83 bits per heavy atom. The molecule has 0 N–H and O–H groups in total. The van der Waals surface area contributed by atoms with Crippen LogP contribution in [0.15, 0.2) is 35.2 Å². The number of hydrogen-bond acceptors (Lipinski definition) is 2. The fourth-order valence-corrected chi connectivity index (χ4v) is 3.01. The summed E-state index contributed by atoms with van der Waals surface area (Å²) >= 11 is 3.90. The molecule has 12 heavy (non-hydrogen) atoms. The van der Waals surface area contributed by atoms with Gasteiger partial charge in [-0.1, -0.05) is 32.0 Å². The maximum absolute atomic E-state index is 2.23. The Balaban J connectivity index is 2.25. The molecule has 1 aromatic rings. The lowest BCUT2D eigenvalue weighted by molar-refractivity contribution is 1.12. The Labute approximate surface area is 83.1 Å². The maximum atomic E-state index is 2.23. The predicted molar refractivity (Wildman–Crippen MR) is 59.9 cm³/mol. The molecule has 0 heterocycles. The van der Waals surface area contributed by atoms with E-state index in [0.29, 0.717) is 0 Å². The Kier molecular flexibility index (Phi) is 4.62. The van der Waals surface area contributed by atoms with E-state index in [1.807, 2.05) is 23.5 Å². The summed E-state index contributed by atoms with van der Waals surface area (Å²) in [7, 11) is 0. The van der Waals surface area contributed by atoms with Crippen molar-refractivity contribution in [2.24, 2.45) is 0 Å². The lowest BCUT2D eigenvalue weighted by Crippen LogP contribution is -1.85. The highest BCUT2D eigenvalue weighted by molar-refractivity contribution is 8.16. The summed E-state index contributed by atoms with van der Waals surface area (Å²) in [6.07, 6.45) is 0. The van der Waals surface area contributed by atoms with Gasteiger partial charge in [0, 0.05) is 9.98 Å². The monoisotopic (exact) mass is 198 g/mol. The van der Waals surface area contributed by atoms with Crippen LogP contribution >= 0.6 is 23.5 Å². The van der Waals surface area contributed by atoms with Crippen molar-refractivity contribution < 1.29 is 0 Å². The summed E-state index contributed by atoms with van der Waals surface area (Å²) in [5.41, 5.74) is 0. The molecule has 1 aromatic carbocycles. The second-order valence-electron chi connectivity index (χ2n) is 2.79. The molecule has 0 aliphatic rings. The van der Waals surface area contributed by atoms with Crippen LogP contribution < -0.4 is 0 Å². The number of thioether (sulfide) groups is 2. The first-order valence-electron chi connectivity index (χ1n) is 4.08. The molecule has 0 fully saturated rings. The summed E-state index contributed by atoms with van der Waals surface area (Å²) in [5.74, 6) is 0. The third-order valence-corrected chi connectivity index (χ3v) is 3.66. The molecular formula is C10H14S2. The van der Waals surface area contributed by atoms with Gasteiger partial charge in [-0.3, -0.25) is 0 Å². The van der Waals surface area contributed by atoms with Gasteiger partial charge in [0.15, 0.2) is 0 Å². The topological polar surface area (TPSA) is 0 Å². The minimum Gasteiger partial charge on any atom is -0.148 e. The van der Waals surface area contributed by atoms with Crippen molar-refractivity contribution in [3.05, 3.63) is 30.3 Å². The van der Waals surface area contributed by atoms with Gasteiger partial charge in [-0.05, 0) is 17.4 Å². The Morgan fingerprint density at radius 1 is 1.17 bits per heavy atom. The van der Waals surface area contributed by atoms with E-state index in [4.69, 9.17) is 0 Å². The lowest BCUT2D eigenvalue weighted by atomic mass is 10.4. The average molecular weight is 198 g/mol. The third-order valence-electron chi connectivity index (χ3n) is 1.37. The van der Waals surface area contributed by atoms with Crippen LogP contribution in [0, 0.1) is 0 Å². The highest BCUT2D eigenvalue weighted by Gasteiger charge is 1.95. The van der Waals surface area contributed by atoms with Crippen molar-refractivity contribution in [1.29, 1.82) is 0 Å². The Hall–Kier alpha value is -0.0800. The van der Waals surface area contributed by atoms with Crippen LogP contribution in [0.2, 0.25) is 0 Å². The molecule has 1 rings (SSSR count). The molecule has 66 valence electrons. The SMILES string of the molecule is CC(C)SCSc1ccccc1. The minimum absolute atomic E-state index is 0.737. The number of benzene rings is 1. The summed E-state index contributed by atoms with van der Waals surface area (Å²) < 4.78 is 0. The Bertz CT molecular complexity index is 206. The molecule has 0 spiro atoms. The first-order valence-corrected chi connectivity index (χ1v) is 6.12. The zero-order valence-corrected chi connectivity index (χ0v) is 9.12. The van der Waals surface area contributed by atoms with Crippen LogP contribution in [0.1, 0.15) is 13.8 Å². The zero-order chi connectivity index (χ0) is 8.81. The molecule has 0 aliphatic carbocycles. The quantitative estimate of drug-likeness (QED) is 0.532. The fraction of sp³-hybridized carbons (Fsp3) is 0.400. The Morgan fingerprint density at radius 3 is 2.42 bits per heavy atom. The van der Waals surface area contributed by atoms with Crippen LogP contribution in [0.3, 0.4) is 0 Å². The van der Waals surface area contributed by atoms with Crippen molar-refractivity contribution in [1.82, 2.24) is 0 Å². The first-order chi connectivity index (χ1) is 5.79. The number of rotatable bonds is 4. The lowest BCUT2D eigenvalue weighted by Gasteiger charge is -2.03. The highest BCUT2D eigenvalue weighted by Crippen LogP contribution is 2.24. The second-order valence-corrected chi connectivity index (χ2v) is 5.77. The van der Waals surface area contributed by atoms with Crippen LogP contribution in [0.5, 0.6) is 0 Å². The fourth-order valence-electron chi connectivity index (χ4n) is 0.755. The van der Waals surface area contributed by atoms with E-state index in [2.05, 4.69) is 44.2 Å². The second kappa shape index (κ2) is 5.55. The van der Waals surface area contributed by atoms with Crippen molar-refractivity contribution in [2.75, 3.05) is 5.08 Å². The molecule has 0 bridgehead atoms. The molecule has 0 saturated carbocycles. The van der Waals surface area contributed by atoms with Crippen molar-refractivity contribution >= 4 is 23.5 Å². The summed E-state index contributed by atoms with van der Waals surface area (Å²) in [5, 5.41) is 1.89. The minimum atomic E-state index is 0.737.